The van der Waals surface area contributed by atoms with Crippen LogP contribution in [0.1, 0.15) is 316 Å². The van der Waals surface area contributed by atoms with Gasteiger partial charge in [0.15, 0.2) is 12.4 Å². The van der Waals surface area contributed by atoms with Gasteiger partial charge >= 0.3 is 11.9 Å². The Morgan fingerprint density at radius 3 is 0.914 bits per heavy atom. The van der Waals surface area contributed by atoms with Gasteiger partial charge in [-0.25, -0.2) is 0 Å². The highest BCUT2D eigenvalue weighted by molar-refractivity contribution is 5.70. The highest BCUT2D eigenvalue weighted by Crippen LogP contribution is 2.19. The minimum absolute atomic E-state index is 0.152. The van der Waals surface area contributed by atoms with Gasteiger partial charge in [-0.15, -0.1) is 0 Å². The fraction of sp³-hybridized carbons (Fsp3) is 0.951. The molecule has 0 aromatic heterocycles. The molecule has 0 heterocycles. The predicted molar refractivity (Wildman–Crippen MR) is 293 cm³/mol. The molecule has 70 heavy (non-hydrogen) atoms. The van der Waals surface area contributed by atoms with Crippen LogP contribution in [0.25, 0.3) is 0 Å². The molecule has 0 aliphatic heterocycles. The normalized spacial score (nSPS) is 12.6. The molecule has 0 aromatic carbocycles. The van der Waals surface area contributed by atoms with Gasteiger partial charge in [0, 0.05) is 12.8 Å². The van der Waals surface area contributed by atoms with E-state index in [1.165, 1.54) is 244 Å². The Kier molecular flexibility index (Phi) is 52.3. The zero-order valence-electron chi connectivity index (χ0n) is 47.4. The van der Waals surface area contributed by atoms with Crippen LogP contribution >= 0.6 is 0 Å². The van der Waals surface area contributed by atoms with Gasteiger partial charge in [-0.05, 0) is 12.8 Å². The molecule has 2 atom stereocenters. The number of quaternary nitrogens is 1. The van der Waals surface area contributed by atoms with Gasteiger partial charge in [0.2, 0.25) is 0 Å². The van der Waals surface area contributed by atoms with E-state index in [0.717, 1.165) is 44.9 Å². The summed E-state index contributed by atoms with van der Waals surface area (Å²) in [7, 11) is 5.92. The third kappa shape index (κ3) is 54.1. The summed E-state index contributed by atoms with van der Waals surface area (Å²) in [6, 6.07) is 0. The SMILES string of the molecule is CCCCCCCCCCCCCCCCCCCCCCCCCCCCCCCCCCCCCCCCCC(=O)OC(COC(=O)CCCCCCCC)COC(OCC[N+](C)(C)C)C(=O)[O-]. The maximum Gasteiger partial charge on any atom is 0.306 e. The number of aliphatic carboxylic acids is 1. The minimum atomic E-state index is -1.61. The first kappa shape index (κ1) is 68.3. The van der Waals surface area contributed by atoms with Crippen LogP contribution in [0.3, 0.4) is 0 Å². The first-order valence-electron chi connectivity index (χ1n) is 30.7. The van der Waals surface area contributed by atoms with Crippen LogP contribution in [0.4, 0.5) is 0 Å². The molecule has 0 aliphatic carbocycles. The van der Waals surface area contributed by atoms with Gasteiger partial charge in [-0.2, -0.15) is 0 Å². The summed E-state index contributed by atoms with van der Waals surface area (Å²) in [6.45, 7) is 4.72. The minimum Gasteiger partial charge on any atom is -0.545 e. The molecule has 0 fully saturated rings. The average Bonchev–Trinajstić information content (AvgIpc) is 3.33. The van der Waals surface area contributed by atoms with Crippen molar-refractivity contribution in [2.45, 2.75) is 328 Å². The van der Waals surface area contributed by atoms with E-state index in [1.807, 2.05) is 21.1 Å². The number of hydrogen-bond acceptors (Lipinski definition) is 8. The summed E-state index contributed by atoms with van der Waals surface area (Å²) < 4.78 is 22.5. The maximum atomic E-state index is 12.8. The van der Waals surface area contributed by atoms with Crippen molar-refractivity contribution in [2.24, 2.45) is 0 Å². The Morgan fingerprint density at radius 1 is 0.371 bits per heavy atom. The lowest BCUT2D eigenvalue weighted by atomic mass is 10.0. The maximum absolute atomic E-state index is 12.8. The van der Waals surface area contributed by atoms with E-state index in [-0.39, 0.29) is 32.2 Å². The van der Waals surface area contributed by atoms with Crippen LogP contribution in [-0.4, -0.2) is 82.3 Å². The van der Waals surface area contributed by atoms with Crippen molar-refractivity contribution in [1.82, 2.24) is 0 Å². The second-order valence-electron chi connectivity index (χ2n) is 22.4. The molecule has 0 rings (SSSR count). The lowest BCUT2D eigenvalue weighted by Crippen LogP contribution is -2.44. The van der Waals surface area contributed by atoms with Crippen LogP contribution in [0.5, 0.6) is 0 Å². The molecule has 416 valence electrons. The van der Waals surface area contributed by atoms with Crippen LogP contribution in [-0.2, 0) is 33.3 Å². The standard InChI is InChI=1S/C61H119NO8/c1-6-8-10-12-14-15-16-17-18-19-20-21-22-23-24-25-26-27-28-29-30-31-32-33-34-35-36-37-38-39-40-41-42-43-44-45-46-48-50-52-59(64)70-57(55-68-58(63)51-49-47-13-11-9-7-2)56-69-61(60(65)66)67-54-53-62(3,4)5/h57,61H,6-56H2,1-5H3. The number of carboxylic acid groups (broad SMARTS) is 1. The molecule has 9 heteroatoms. The zero-order chi connectivity index (χ0) is 51.3. The average molecular weight is 995 g/mol. The van der Waals surface area contributed by atoms with Gasteiger partial charge in [0.05, 0.1) is 40.3 Å². The number of hydrogen-bond donors (Lipinski definition) is 0. The molecule has 0 spiro atoms. The number of unbranched alkanes of at least 4 members (excludes halogenated alkanes) is 43. The number of likely N-dealkylation sites (N-methyl/N-ethyl adjacent to an activating group) is 1. The molecule has 0 saturated carbocycles. The number of esters is 2. The summed E-state index contributed by atoms with van der Waals surface area (Å²) in [5.41, 5.74) is 0. The molecule has 9 nitrogen and oxygen atoms in total. The van der Waals surface area contributed by atoms with E-state index in [4.69, 9.17) is 18.9 Å². The Labute approximate surface area is 434 Å². The van der Waals surface area contributed by atoms with Crippen molar-refractivity contribution >= 4 is 17.9 Å². The molecular formula is C61H119NO8. The van der Waals surface area contributed by atoms with Crippen molar-refractivity contribution in [1.29, 1.82) is 0 Å². The van der Waals surface area contributed by atoms with Crippen molar-refractivity contribution in [3.63, 3.8) is 0 Å². The molecule has 0 saturated heterocycles. The number of carbonyl (C=O) groups is 3. The summed E-state index contributed by atoms with van der Waals surface area (Å²) in [5, 5.41) is 11.7. The summed E-state index contributed by atoms with van der Waals surface area (Å²) in [6.07, 6.45) is 58.2. The quantitative estimate of drug-likeness (QED) is 0.0256. The second-order valence-corrected chi connectivity index (χ2v) is 22.4. The summed E-state index contributed by atoms with van der Waals surface area (Å²) >= 11 is 0. The lowest BCUT2D eigenvalue weighted by molar-refractivity contribution is -0.870. The fourth-order valence-corrected chi connectivity index (χ4v) is 9.36. The number of nitrogens with zero attached hydrogens (tertiary/aromatic N) is 1. The van der Waals surface area contributed by atoms with Crippen LogP contribution in [0.15, 0.2) is 0 Å². The van der Waals surface area contributed by atoms with E-state index < -0.39 is 24.3 Å². The third-order valence-corrected chi connectivity index (χ3v) is 14.1. The number of carboxylic acids is 1. The predicted octanol–water partition coefficient (Wildman–Crippen LogP) is 16.6. The van der Waals surface area contributed by atoms with Crippen molar-refractivity contribution < 1.29 is 42.9 Å². The topological polar surface area (TPSA) is 111 Å². The van der Waals surface area contributed by atoms with Gasteiger partial charge in [0.1, 0.15) is 13.2 Å². The monoisotopic (exact) mass is 994 g/mol. The Bertz CT molecular complexity index is 1110. The van der Waals surface area contributed by atoms with E-state index in [2.05, 4.69) is 13.8 Å². The molecule has 0 amide bonds. The summed E-state index contributed by atoms with van der Waals surface area (Å²) in [4.78, 5) is 36.9. The lowest BCUT2D eigenvalue weighted by Gasteiger charge is -2.26. The van der Waals surface area contributed by atoms with Gasteiger partial charge < -0.3 is 33.3 Å². The molecule has 0 radical (unpaired) electrons. The van der Waals surface area contributed by atoms with E-state index >= 15 is 0 Å². The van der Waals surface area contributed by atoms with Crippen molar-refractivity contribution in [3.05, 3.63) is 0 Å². The highest BCUT2D eigenvalue weighted by atomic mass is 16.7. The smallest absolute Gasteiger partial charge is 0.306 e. The van der Waals surface area contributed by atoms with Gasteiger partial charge in [0.25, 0.3) is 0 Å². The molecular weight excluding hydrogens is 875 g/mol. The molecule has 2 unspecified atom stereocenters. The number of ether oxygens (including phenoxy) is 4. The van der Waals surface area contributed by atoms with Crippen LogP contribution < -0.4 is 5.11 Å². The van der Waals surface area contributed by atoms with Gasteiger partial charge in [-0.3, -0.25) is 9.59 Å². The van der Waals surface area contributed by atoms with Crippen LogP contribution in [0, 0.1) is 0 Å². The van der Waals surface area contributed by atoms with E-state index in [9.17, 15) is 19.5 Å². The molecule has 0 aliphatic rings. The Balaban J connectivity index is 3.73. The fourth-order valence-electron chi connectivity index (χ4n) is 9.36. The first-order valence-corrected chi connectivity index (χ1v) is 30.7. The molecule has 0 bridgehead atoms. The largest absolute Gasteiger partial charge is 0.545 e. The van der Waals surface area contributed by atoms with Crippen LogP contribution in [0.2, 0.25) is 0 Å². The Hall–Kier alpha value is -1.71. The first-order chi connectivity index (χ1) is 34.1. The van der Waals surface area contributed by atoms with Crippen molar-refractivity contribution in [3.8, 4) is 0 Å². The highest BCUT2D eigenvalue weighted by Gasteiger charge is 2.22. The number of rotatable bonds is 58. The second kappa shape index (κ2) is 53.6. The van der Waals surface area contributed by atoms with E-state index in [1.54, 1.807) is 0 Å². The summed E-state index contributed by atoms with van der Waals surface area (Å²) in [5.74, 6) is -2.27. The number of carbonyl (C=O) groups excluding carboxylic acids is 3. The Morgan fingerprint density at radius 2 is 0.643 bits per heavy atom. The third-order valence-electron chi connectivity index (χ3n) is 14.1. The molecule has 0 N–H and O–H groups in total. The van der Waals surface area contributed by atoms with Crippen molar-refractivity contribution in [2.75, 3.05) is 47.5 Å². The molecule has 0 aromatic rings. The van der Waals surface area contributed by atoms with Gasteiger partial charge in [-0.1, -0.05) is 290 Å². The zero-order valence-corrected chi connectivity index (χ0v) is 47.4. The van der Waals surface area contributed by atoms with E-state index in [0.29, 0.717) is 17.4 Å².